The summed E-state index contributed by atoms with van der Waals surface area (Å²) < 4.78 is 4.39. The lowest BCUT2D eigenvalue weighted by molar-refractivity contribution is -0.113. The largest absolute Gasteiger partial charge is 0.431 e. The van der Waals surface area contributed by atoms with Gasteiger partial charge in [0.2, 0.25) is 5.91 Å². The molecule has 0 rings (SSSR count). The molecule has 0 aromatic heterocycles. The summed E-state index contributed by atoms with van der Waals surface area (Å²) in [4.78, 5) is 9.47. The summed E-state index contributed by atoms with van der Waals surface area (Å²) in [6, 6.07) is 0. The molecule has 4 heteroatoms. The fourth-order valence-corrected chi connectivity index (χ4v) is 0. The van der Waals surface area contributed by atoms with E-state index in [2.05, 4.69) is 16.7 Å². The third-order valence-electron chi connectivity index (χ3n) is 0.201. The molecule has 0 aliphatic heterocycles. The predicted molar refractivity (Wildman–Crippen MR) is 36.3 cm³/mol. The molecular formula is C4H11NO2Si. The van der Waals surface area contributed by atoms with Crippen molar-refractivity contribution in [1.29, 1.82) is 0 Å². The van der Waals surface area contributed by atoms with Crippen LogP contribution in [0.25, 0.3) is 0 Å². The average molecular weight is 133 g/mol. The van der Waals surface area contributed by atoms with Crippen molar-refractivity contribution in [2.45, 2.75) is 0 Å². The van der Waals surface area contributed by atoms with E-state index in [-0.39, 0.29) is 0 Å². The first-order valence-electron chi connectivity index (χ1n) is 2.01. The van der Waals surface area contributed by atoms with Crippen LogP contribution >= 0.6 is 0 Å². The number of nitrogens with two attached hydrogens (primary N) is 1. The lowest BCUT2D eigenvalue weighted by Gasteiger charge is -1.65. The van der Waals surface area contributed by atoms with Crippen LogP contribution in [0, 0.1) is 0 Å². The summed E-state index contributed by atoms with van der Waals surface area (Å²) >= 11 is 0. The lowest BCUT2D eigenvalue weighted by Crippen LogP contribution is -2.04. The van der Waals surface area contributed by atoms with Gasteiger partial charge in [0.1, 0.15) is 10.5 Å². The highest BCUT2D eigenvalue weighted by Crippen LogP contribution is 1.48. The van der Waals surface area contributed by atoms with E-state index in [1.54, 1.807) is 7.11 Å². The molecule has 0 saturated carbocycles. The van der Waals surface area contributed by atoms with Gasteiger partial charge in [-0.25, -0.2) is 0 Å². The van der Waals surface area contributed by atoms with Crippen molar-refractivity contribution in [1.82, 2.24) is 0 Å². The van der Waals surface area contributed by atoms with Gasteiger partial charge in [-0.3, -0.25) is 4.79 Å². The number of rotatable bonds is 1. The zero-order chi connectivity index (χ0) is 6.99. The average Bonchev–Trinajstić information content (AvgIpc) is 1.69. The first kappa shape index (κ1) is 10.4. The standard InChI is InChI=1S/C3H5NO.CH6OSi/c1-2-3(4)5;1-2-3/h2H,1H2,(H2,4,5);1,3H3. The quantitative estimate of drug-likeness (QED) is 0.352. The van der Waals surface area contributed by atoms with Gasteiger partial charge in [-0.05, 0) is 6.08 Å². The minimum Gasteiger partial charge on any atom is -0.431 e. The molecule has 48 valence electrons. The van der Waals surface area contributed by atoms with Crippen LogP contribution in [-0.4, -0.2) is 23.5 Å². The monoisotopic (exact) mass is 133 g/mol. The van der Waals surface area contributed by atoms with Gasteiger partial charge in [0.15, 0.2) is 0 Å². The van der Waals surface area contributed by atoms with Gasteiger partial charge in [0, 0.05) is 7.11 Å². The van der Waals surface area contributed by atoms with Crippen LogP contribution in [0.1, 0.15) is 0 Å². The number of carbonyl (C=O) groups is 1. The van der Waals surface area contributed by atoms with Crippen molar-refractivity contribution in [2.24, 2.45) is 5.73 Å². The van der Waals surface area contributed by atoms with Crippen molar-refractivity contribution in [3.8, 4) is 0 Å². The smallest absolute Gasteiger partial charge is 0.240 e. The summed E-state index contributed by atoms with van der Waals surface area (Å²) in [6.07, 6.45) is 1.06. The van der Waals surface area contributed by atoms with Crippen molar-refractivity contribution >= 4 is 16.4 Å². The van der Waals surface area contributed by atoms with Crippen LogP contribution in [0.4, 0.5) is 0 Å². The Morgan fingerprint density at radius 3 is 2.12 bits per heavy atom. The summed E-state index contributed by atoms with van der Waals surface area (Å²) in [5.41, 5.74) is 4.53. The SMILES string of the molecule is C=CC(N)=O.CO[SiH3]. The highest BCUT2D eigenvalue weighted by Gasteiger charge is 1.69. The zero-order valence-corrected chi connectivity index (χ0v) is 7.18. The number of hydrogen-bond acceptors (Lipinski definition) is 2. The Morgan fingerprint density at radius 1 is 2.00 bits per heavy atom. The molecule has 3 nitrogen and oxygen atoms in total. The Balaban J connectivity index is 0. The van der Waals surface area contributed by atoms with Crippen molar-refractivity contribution in [3.63, 3.8) is 0 Å². The second-order valence-electron chi connectivity index (χ2n) is 1.01. The summed E-state index contributed by atoms with van der Waals surface area (Å²) in [5.74, 6) is -0.481. The van der Waals surface area contributed by atoms with Gasteiger partial charge in [-0.1, -0.05) is 6.58 Å². The van der Waals surface area contributed by atoms with Crippen LogP contribution in [0.3, 0.4) is 0 Å². The molecule has 0 spiro atoms. The molecule has 0 heterocycles. The van der Waals surface area contributed by atoms with E-state index in [0.717, 1.165) is 16.6 Å². The molecule has 0 saturated heterocycles. The van der Waals surface area contributed by atoms with Crippen molar-refractivity contribution < 1.29 is 9.22 Å². The van der Waals surface area contributed by atoms with Crippen LogP contribution < -0.4 is 5.73 Å². The minimum atomic E-state index is -0.481. The molecule has 1 amide bonds. The van der Waals surface area contributed by atoms with Gasteiger partial charge in [0.05, 0.1) is 0 Å². The Bertz CT molecular complexity index is 74.4. The topological polar surface area (TPSA) is 52.3 Å². The fourth-order valence-electron chi connectivity index (χ4n) is 0. The molecule has 0 atom stereocenters. The van der Waals surface area contributed by atoms with E-state index >= 15 is 0 Å². The molecule has 0 aliphatic rings. The third-order valence-corrected chi connectivity index (χ3v) is 0.201. The second-order valence-corrected chi connectivity index (χ2v) is 1.83. The third kappa shape index (κ3) is 53.9. The first-order valence-corrected chi connectivity index (χ1v) is 2.82. The molecule has 0 fully saturated rings. The number of hydrogen-bond donors (Lipinski definition) is 1. The van der Waals surface area contributed by atoms with Crippen molar-refractivity contribution in [3.05, 3.63) is 12.7 Å². The van der Waals surface area contributed by atoms with E-state index in [1.807, 2.05) is 0 Å². The lowest BCUT2D eigenvalue weighted by atomic mass is 10.6. The Hall–Kier alpha value is -0.613. The molecule has 2 N–H and O–H groups in total. The van der Waals surface area contributed by atoms with E-state index in [1.165, 1.54) is 0 Å². The summed E-state index contributed by atoms with van der Waals surface area (Å²) in [5, 5.41) is 0. The van der Waals surface area contributed by atoms with Crippen LogP contribution in [-0.2, 0) is 9.22 Å². The first-order chi connectivity index (χ1) is 3.68. The maximum atomic E-state index is 9.47. The van der Waals surface area contributed by atoms with E-state index < -0.39 is 5.91 Å². The van der Waals surface area contributed by atoms with Crippen LogP contribution in [0.5, 0.6) is 0 Å². The van der Waals surface area contributed by atoms with Gasteiger partial charge >= 0.3 is 0 Å². The molecule has 8 heavy (non-hydrogen) atoms. The number of primary amides is 1. The second kappa shape index (κ2) is 9.63. The van der Waals surface area contributed by atoms with E-state index in [0.29, 0.717) is 0 Å². The summed E-state index contributed by atoms with van der Waals surface area (Å²) in [7, 11) is 2.56. The van der Waals surface area contributed by atoms with Crippen LogP contribution in [0.15, 0.2) is 12.7 Å². The molecule has 0 radical (unpaired) electrons. The highest BCUT2D eigenvalue weighted by atomic mass is 28.2. The van der Waals surface area contributed by atoms with Crippen LogP contribution in [0.2, 0.25) is 0 Å². The van der Waals surface area contributed by atoms with E-state index in [9.17, 15) is 4.79 Å². The fraction of sp³-hybridized carbons (Fsp3) is 0.250. The zero-order valence-electron chi connectivity index (χ0n) is 5.18. The van der Waals surface area contributed by atoms with Crippen molar-refractivity contribution in [2.75, 3.05) is 7.11 Å². The number of carbonyl (C=O) groups excluding carboxylic acids is 1. The molecule has 0 aromatic carbocycles. The molecular weight excluding hydrogens is 122 g/mol. The minimum absolute atomic E-state index is 0.481. The molecule has 0 aromatic rings. The maximum Gasteiger partial charge on any atom is 0.240 e. The number of amides is 1. The van der Waals surface area contributed by atoms with Gasteiger partial charge in [-0.15, -0.1) is 0 Å². The molecule has 0 unspecified atom stereocenters. The Kier molecular flexibility index (Phi) is 12.5. The molecule has 0 bridgehead atoms. The van der Waals surface area contributed by atoms with Gasteiger partial charge < -0.3 is 10.2 Å². The van der Waals surface area contributed by atoms with E-state index in [4.69, 9.17) is 0 Å². The molecule has 0 aliphatic carbocycles. The van der Waals surface area contributed by atoms with Gasteiger partial charge in [-0.2, -0.15) is 0 Å². The normalized spacial score (nSPS) is 6.62. The summed E-state index contributed by atoms with van der Waals surface area (Å²) in [6.45, 7) is 3.09. The van der Waals surface area contributed by atoms with Gasteiger partial charge in [0.25, 0.3) is 0 Å². The Labute approximate surface area is 52.1 Å². The Morgan fingerprint density at radius 2 is 2.12 bits per heavy atom. The maximum absolute atomic E-state index is 9.47. The predicted octanol–water partition coefficient (Wildman–Crippen LogP) is -1.43. The highest BCUT2D eigenvalue weighted by molar-refractivity contribution is 5.97.